The van der Waals surface area contributed by atoms with Gasteiger partial charge in [-0.15, -0.1) is 5.10 Å². The van der Waals surface area contributed by atoms with Gasteiger partial charge in [-0.3, -0.25) is 4.79 Å². The average Bonchev–Trinajstić information content (AvgIpc) is 2.95. The van der Waals surface area contributed by atoms with E-state index in [0.29, 0.717) is 0 Å². The molecule has 1 aromatic heterocycles. The second-order valence-electron chi connectivity index (χ2n) is 5.45. The van der Waals surface area contributed by atoms with Crippen LogP contribution in [0, 0.1) is 6.92 Å². The van der Waals surface area contributed by atoms with E-state index in [4.69, 9.17) is 0 Å². The molecule has 0 aliphatic carbocycles. The van der Waals surface area contributed by atoms with Crippen LogP contribution in [0.15, 0.2) is 60.7 Å². The molecule has 1 amide bonds. The van der Waals surface area contributed by atoms with Crippen molar-refractivity contribution in [1.29, 1.82) is 0 Å². The van der Waals surface area contributed by atoms with Crippen LogP contribution in [0.1, 0.15) is 21.6 Å². The molecule has 0 saturated heterocycles. The quantitative estimate of drug-likeness (QED) is 0.762. The summed E-state index contributed by atoms with van der Waals surface area (Å²) in [5.41, 5.74) is 0.651. The topological polar surface area (TPSA) is 46.9 Å². The highest BCUT2D eigenvalue weighted by atomic mass is 19.4. The highest BCUT2D eigenvalue weighted by molar-refractivity contribution is 6.03. The third-order valence-corrected chi connectivity index (χ3v) is 3.58. The zero-order valence-electron chi connectivity index (χ0n) is 13.2. The van der Waals surface area contributed by atoms with E-state index in [1.165, 1.54) is 12.1 Å². The van der Waals surface area contributed by atoms with Crippen LogP contribution in [0.3, 0.4) is 0 Å². The number of hydrogen-bond acceptors (Lipinski definition) is 2. The molecule has 128 valence electrons. The van der Waals surface area contributed by atoms with Crippen LogP contribution in [-0.2, 0) is 6.18 Å². The lowest BCUT2D eigenvalue weighted by atomic mass is 10.1. The number of alkyl halides is 3. The summed E-state index contributed by atoms with van der Waals surface area (Å²) in [6.07, 6.45) is -4.50. The molecule has 3 aromatic rings. The van der Waals surface area contributed by atoms with E-state index in [1.54, 1.807) is 10.7 Å². The van der Waals surface area contributed by atoms with E-state index in [9.17, 15) is 18.0 Å². The van der Waals surface area contributed by atoms with Crippen LogP contribution in [0.2, 0.25) is 0 Å². The highest BCUT2D eigenvalue weighted by Crippen LogP contribution is 2.29. The first-order valence-corrected chi connectivity index (χ1v) is 7.45. The van der Waals surface area contributed by atoms with Gasteiger partial charge in [-0.1, -0.05) is 24.3 Å². The van der Waals surface area contributed by atoms with Crippen LogP contribution in [0.25, 0.3) is 5.69 Å². The van der Waals surface area contributed by atoms with Crippen molar-refractivity contribution in [2.24, 2.45) is 0 Å². The molecular weight excluding hydrogens is 331 g/mol. The summed E-state index contributed by atoms with van der Waals surface area (Å²) in [5, 5.41) is 6.81. The van der Waals surface area contributed by atoms with Crippen molar-refractivity contribution in [3.05, 3.63) is 77.5 Å². The maximum absolute atomic E-state index is 12.8. The molecule has 0 radical (unpaired) electrons. The molecule has 0 atom stereocenters. The number of nitrogens with zero attached hydrogens (tertiary/aromatic N) is 2. The van der Waals surface area contributed by atoms with Gasteiger partial charge in [-0.25, -0.2) is 4.68 Å². The van der Waals surface area contributed by atoms with Gasteiger partial charge in [0.15, 0.2) is 5.82 Å². The molecule has 0 aliphatic rings. The van der Waals surface area contributed by atoms with Gasteiger partial charge in [0.05, 0.1) is 11.3 Å². The van der Waals surface area contributed by atoms with Crippen LogP contribution in [-0.4, -0.2) is 15.7 Å². The molecule has 3 rings (SSSR count). The minimum absolute atomic E-state index is 0.0817. The first-order valence-electron chi connectivity index (χ1n) is 7.45. The lowest BCUT2D eigenvalue weighted by Crippen LogP contribution is -2.14. The molecule has 2 aromatic carbocycles. The Labute approximate surface area is 141 Å². The molecule has 4 nitrogen and oxygen atoms in total. The predicted octanol–water partition coefficient (Wildman–Crippen LogP) is 4.45. The van der Waals surface area contributed by atoms with Crippen LogP contribution >= 0.6 is 0 Å². The first-order chi connectivity index (χ1) is 11.8. The smallest absolute Gasteiger partial charge is 0.305 e. The predicted molar refractivity (Wildman–Crippen MR) is 87.7 cm³/mol. The largest absolute Gasteiger partial charge is 0.416 e. The van der Waals surface area contributed by atoms with Crippen molar-refractivity contribution in [2.45, 2.75) is 13.1 Å². The van der Waals surface area contributed by atoms with Gasteiger partial charge in [0.2, 0.25) is 0 Å². The van der Waals surface area contributed by atoms with Gasteiger partial charge in [0.25, 0.3) is 5.91 Å². The van der Waals surface area contributed by atoms with Crippen molar-refractivity contribution in [1.82, 2.24) is 9.78 Å². The maximum atomic E-state index is 12.8. The number of rotatable bonds is 3. The standard InChI is InChI=1S/C18H14F3N3O/c1-12-10-16(23-24(12)15-8-3-2-4-9-15)22-17(25)13-6-5-7-14(11-13)18(19,20)21/h2-11H,1H3,(H,22,23,25). The number of anilines is 1. The minimum atomic E-state index is -4.50. The van der Waals surface area contributed by atoms with E-state index in [-0.39, 0.29) is 11.4 Å². The Kier molecular flexibility index (Phi) is 4.31. The van der Waals surface area contributed by atoms with E-state index in [0.717, 1.165) is 23.5 Å². The molecule has 25 heavy (non-hydrogen) atoms. The van der Waals surface area contributed by atoms with Crippen molar-refractivity contribution >= 4 is 11.7 Å². The summed E-state index contributed by atoms with van der Waals surface area (Å²) < 4.78 is 39.9. The number of aryl methyl sites for hydroxylation is 1. The molecule has 0 unspecified atom stereocenters. The summed E-state index contributed by atoms with van der Waals surface area (Å²) >= 11 is 0. The fraction of sp³-hybridized carbons (Fsp3) is 0.111. The summed E-state index contributed by atoms with van der Waals surface area (Å²) in [7, 11) is 0. The van der Waals surface area contributed by atoms with Crippen molar-refractivity contribution in [2.75, 3.05) is 5.32 Å². The molecule has 0 spiro atoms. The number of hydrogen-bond donors (Lipinski definition) is 1. The molecule has 0 fully saturated rings. The van der Waals surface area contributed by atoms with Crippen molar-refractivity contribution < 1.29 is 18.0 Å². The minimum Gasteiger partial charge on any atom is -0.305 e. The Hall–Kier alpha value is -3.09. The summed E-state index contributed by atoms with van der Waals surface area (Å²) in [6, 6.07) is 15.2. The van der Waals surface area contributed by atoms with E-state index < -0.39 is 17.6 Å². The first kappa shape index (κ1) is 16.8. The van der Waals surface area contributed by atoms with Crippen molar-refractivity contribution in [3.63, 3.8) is 0 Å². The number of benzene rings is 2. The SMILES string of the molecule is Cc1cc(NC(=O)c2cccc(C(F)(F)F)c2)nn1-c1ccccc1. The van der Waals surface area contributed by atoms with Crippen LogP contribution < -0.4 is 5.32 Å². The van der Waals surface area contributed by atoms with E-state index >= 15 is 0 Å². The zero-order valence-corrected chi connectivity index (χ0v) is 13.2. The Morgan fingerprint density at radius 1 is 1.04 bits per heavy atom. The monoisotopic (exact) mass is 345 g/mol. The van der Waals surface area contributed by atoms with Gasteiger partial charge in [-0.05, 0) is 37.3 Å². The summed E-state index contributed by atoms with van der Waals surface area (Å²) in [5.74, 6) is -0.382. The van der Waals surface area contributed by atoms with E-state index in [1.807, 2.05) is 37.3 Å². The number of aromatic nitrogens is 2. The molecule has 7 heteroatoms. The number of amides is 1. The highest BCUT2D eigenvalue weighted by Gasteiger charge is 2.30. The lowest BCUT2D eigenvalue weighted by Gasteiger charge is -2.08. The Balaban J connectivity index is 1.83. The van der Waals surface area contributed by atoms with Gasteiger partial charge in [-0.2, -0.15) is 13.2 Å². The van der Waals surface area contributed by atoms with Gasteiger partial charge >= 0.3 is 6.18 Å². The molecule has 0 saturated carbocycles. The number of carbonyl (C=O) groups is 1. The van der Waals surface area contributed by atoms with E-state index in [2.05, 4.69) is 10.4 Å². The molecule has 0 bridgehead atoms. The molecular formula is C18H14F3N3O. The molecule has 0 aliphatic heterocycles. The Morgan fingerprint density at radius 3 is 2.44 bits per heavy atom. The van der Waals surface area contributed by atoms with Gasteiger partial charge in [0.1, 0.15) is 0 Å². The number of carbonyl (C=O) groups excluding carboxylic acids is 1. The normalized spacial score (nSPS) is 11.4. The average molecular weight is 345 g/mol. The van der Waals surface area contributed by atoms with Crippen molar-refractivity contribution in [3.8, 4) is 5.69 Å². The fourth-order valence-electron chi connectivity index (χ4n) is 2.39. The third kappa shape index (κ3) is 3.71. The second-order valence-corrected chi connectivity index (χ2v) is 5.45. The maximum Gasteiger partial charge on any atom is 0.416 e. The fourth-order valence-corrected chi connectivity index (χ4v) is 2.39. The number of halogens is 3. The summed E-state index contributed by atoms with van der Waals surface area (Å²) in [4.78, 5) is 12.2. The van der Waals surface area contributed by atoms with Gasteiger partial charge < -0.3 is 5.32 Å². The lowest BCUT2D eigenvalue weighted by molar-refractivity contribution is -0.137. The molecule has 1 heterocycles. The number of para-hydroxylation sites is 1. The number of nitrogens with one attached hydrogen (secondary N) is 1. The Morgan fingerprint density at radius 2 is 1.76 bits per heavy atom. The van der Waals surface area contributed by atoms with Gasteiger partial charge in [0, 0.05) is 17.3 Å². The molecule has 1 N–H and O–H groups in total. The Bertz CT molecular complexity index is 901. The zero-order chi connectivity index (χ0) is 18.0. The van der Waals surface area contributed by atoms with Crippen LogP contribution in [0.4, 0.5) is 19.0 Å². The van der Waals surface area contributed by atoms with Crippen LogP contribution in [0.5, 0.6) is 0 Å². The second kappa shape index (κ2) is 6.43. The third-order valence-electron chi connectivity index (χ3n) is 3.58. The summed E-state index contributed by atoms with van der Waals surface area (Å²) in [6.45, 7) is 1.82.